The number of benzene rings is 1. The summed E-state index contributed by atoms with van der Waals surface area (Å²) in [5.41, 5.74) is 2.99. The van der Waals surface area contributed by atoms with Crippen molar-refractivity contribution in [2.75, 3.05) is 5.32 Å². The molecule has 0 spiro atoms. The van der Waals surface area contributed by atoms with Crippen LogP contribution in [-0.2, 0) is 13.6 Å². The number of halogens is 1. The Morgan fingerprint density at radius 3 is 3.00 bits per heavy atom. The monoisotopic (exact) mass is 272 g/mol. The normalized spacial score (nSPS) is 10.8. The van der Waals surface area contributed by atoms with Crippen LogP contribution in [-0.4, -0.2) is 14.8 Å². The minimum atomic E-state index is 0.709. The molecule has 0 amide bonds. The Morgan fingerprint density at radius 1 is 1.32 bits per heavy atom. The van der Waals surface area contributed by atoms with E-state index in [0.29, 0.717) is 6.54 Å². The molecule has 0 saturated carbocycles. The molecule has 0 radical (unpaired) electrons. The molecule has 96 valence electrons. The van der Waals surface area contributed by atoms with Crippen LogP contribution in [0.4, 0.5) is 5.69 Å². The van der Waals surface area contributed by atoms with Crippen molar-refractivity contribution in [1.29, 1.82) is 0 Å². The molecule has 2 heterocycles. The standard InChI is InChI=1S/C14H13ClN4/c1-19-9-10(8-18-19)7-17-13-5-4-12(15)11-3-2-6-16-14(11)13/h2-6,8-9,17H,7H2,1H3. The Morgan fingerprint density at radius 2 is 2.21 bits per heavy atom. The maximum atomic E-state index is 6.17. The molecule has 0 aliphatic heterocycles. The Balaban J connectivity index is 1.91. The quantitative estimate of drug-likeness (QED) is 0.796. The van der Waals surface area contributed by atoms with Crippen LogP contribution in [0.25, 0.3) is 10.9 Å². The Hall–Kier alpha value is -2.07. The van der Waals surface area contributed by atoms with E-state index in [1.807, 2.05) is 43.7 Å². The fourth-order valence-corrected chi connectivity index (χ4v) is 2.26. The predicted molar refractivity (Wildman–Crippen MR) is 77.3 cm³/mol. The molecule has 1 aromatic carbocycles. The van der Waals surface area contributed by atoms with Gasteiger partial charge in [0.25, 0.3) is 0 Å². The maximum absolute atomic E-state index is 6.17. The minimum absolute atomic E-state index is 0.709. The number of hydrogen-bond acceptors (Lipinski definition) is 3. The van der Waals surface area contributed by atoms with Gasteiger partial charge >= 0.3 is 0 Å². The average molecular weight is 273 g/mol. The molecule has 0 fully saturated rings. The third-order valence-corrected chi connectivity index (χ3v) is 3.29. The van der Waals surface area contributed by atoms with Crippen LogP contribution < -0.4 is 5.32 Å². The first-order valence-corrected chi connectivity index (χ1v) is 6.36. The van der Waals surface area contributed by atoms with Crippen molar-refractivity contribution in [3.63, 3.8) is 0 Å². The van der Waals surface area contributed by atoms with E-state index in [0.717, 1.165) is 27.2 Å². The Labute approximate surface area is 116 Å². The van der Waals surface area contributed by atoms with Crippen molar-refractivity contribution in [3.05, 3.63) is 53.4 Å². The van der Waals surface area contributed by atoms with E-state index in [1.54, 1.807) is 10.9 Å². The molecule has 19 heavy (non-hydrogen) atoms. The summed E-state index contributed by atoms with van der Waals surface area (Å²) >= 11 is 6.17. The number of nitrogens with zero attached hydrogens (tertiary/aromatic N) is 3. The molecule has 5 heteroatoms. The van der Waals surface area contributed by atoms with Gasteiger partial charge in [-0.1, -0.05) is 11.6 Å². The zero-order valence-corrected chi connectivity index (χ0v) is 11.2. The van der Waals surface area contributed by atoms with Crippen molar-refractivity contribution >= 4 is 28.2 Å². The summed E-state index contributed by atoms with van der Waals surface area (Å²) in [6, 6.07) is 7.70. The first-order chi connectivity index (χ1) is 9.24. The van der Waals surface area contributed by atoms with Crippen LogP contribution in [0.5, 0.6) is 0 Å². The summed E-state index contributed by atoms with van der Waals surface area (Å²) in [5.74, 6) is 0. The summed E-state index contributed by atoms with van der Waals surface area (Å²) in [7, 11) is 1.91. The summed E-state index contributed by atoms with van der Waals surface area (Å²) in [4.78, 5) is 4.39. The van der Waals surface area contributed by atoms with Crippen LogP contribution in [0.2, 0.25) is 5.02 Å². The third-order valence-electron chi connectivity index (χ3n) is 2.96. The highest BCUT2D eigenvalue weighted by molar-refractivity contribution is 6.35. The summed E-state index contributed by atoms with van der Waals surface area (Å²) in [5, 5.41) is 9.19. The largest absolute Gasteiger partial charge is 0.379 e. The molecular weight excluding hydrogens is 260 g/mol. The van der Waals surface area contributed by atoms with Gasteiger partial charge in [0.2, 0.25) is 0 Å². The highest BCUT2D eigenvalue weighted by atomic mass is 35.5. The summed E-state index contributed by atoms with van der Waals surface area (Å²) < 4.78 is 1.79. The van der Waals surface area contributed by atoms with Gasteiger partial charge in [0, 0.05) is 36.9 Å². The van der Waals surface area contributed by atoms with Crippen molar-refractivity contribution in [3.8, 4) is 0 Å². The number of nitrogens with one attached hydrogen (secondary N) is 1. The molecule has 0 saturated heterocycles. The first-order valence-electron chi connectivity index (χ1n) is 5.98. The number of fused-ring (bicyclic) bond motifs is 1. The lowest BCUT2D eigenvalue weighted by molar-refractivity contribution is 0.767. The van der Waals surface area contributed by atoms with E-state index in [-0.39, 0.29) is 0 Å². The Kier molecular flexibility index (Phi) is 3.09. The second-order valence-corrected chi connectivity index (χ2v) is 4.78. The van der Waals surface area contributed by atoms with Crippen LogP contribution >= 0.6 is 11.6 Å². The van der Waals surface area contributed by atoms with Gasteiger partial charge < -0.3 is 5.32 Å². The van der Waals surface area contributed by atoms with Gasteiger partial charge in [-0.3, -0.25) is 9.67 Å². The molecule has 2 aromatic heterocycles. The van der Waals surface area contributed by atoms with Crippen LogP contribution in [0.15, 0.2) is 42.9 Å². The molecule has 4 nitrogen and oxygen atoms in total. The van der Waals surface area contributed by atoms with Gasteiger partial charge in [-0.15, -0.1) is 0 Å². The predicted octanol–water partition coefficient (Wildman–Crippen LogP) is 3.23. The fourth-order valence-electron chi connectivity index (χ4n) is 2.04. The smallest absolute Gasteiger partial charge is 0.0948 e. The zero-order chi connectivity index (χ0) is 13.2. The topological polar surface area (TPSA) is 42.7 Å². The van der Waals surface area contributed by atoms with E-state index < -0.39 is 0 Å². The van der Waals surface area contributed by atoms with Crippen LogP contribution in [0.3, 0.4) is 0 Å². The summed E-state index contributed by atoms with van der Waals surface area (Å²) in [6.07, 6.45) is 5.60. The molecule has 0 bridgehead atoms. The number of aromatic nitrogens is 3. The number of pyridine rings is 1. The van der Waals surface area contributed by atoms with Gasteiger partial charge in [0.1, 0.15) is 0 Å². The number of aryl methyl sites for hydroxylation is 1. The van der Waals surface area contributed by atoms with Crippen molar-refractivity contribution in [1.82, 2.24) is 14.8 Å². The van der Waals surface area contributed by atoms with Gasteiger partial charge in [0.05, 0.1) is 22.4 Å². The first kappa shape index (κ1) is 12.0. The second kappa shape index (κ2) is 4.90. The highest BCUT2D eigenvalue weighted by Crippen LogP contribution is 2.28. The van der Waals surface area contributed by atoms with Crippen molar-refractivity contribution < 1.29 is 0 Å². The third kappa shape index (κ3) is 2.39. The van der Waals surface area contributed by atoms with Crippen molar-refractivity contribution in [2.24, 2.45) is 7.05 Å². The van der Waals surface area contributed by atoms with Crippen LogP contribution in [0, 0.1) is 0 Å². The van der Waals surface area contributed by atoms with E-state index in [2.05, 4.69) is 15.4 Å². The Bertz CT molecular complexity index is 720. The molecule has 0 aliphatic carbocycles. The van der Waals surface area contributed by atoms with Gasteiger partial charge in [-0.25, -0.2) is 0 Å². The number of anilines is 1. The van der Waals surface area contributed by atoms with Gasteiger partial charge in [0.15, 0.2) is 0 Å². The summed E-state index contributed by atoms with van der Waals surface area (Å²) in [6.45, 7) is 0.709. The second-order valence-electron chi connectivity index (χ2n) is 4.37. The molecule has 3 aromatic rings. The lowest BCUT2D eigenvalue weighted by Crippen LogP contribution is -2.00. The number of rotatable bonds is 3. The van der Waals surface area contributed by atoms with E-state index in [4.69, 9.17) is 11.6 Å². The van der Waals surface area contributed by atoms with E-state index in [1.165, 1.54) is 0 Å². The van der Waals surface area contributed by atoms with E-state index >= 15 is 0 Å². The lowest BCUT2D eigenvalue weighted by atomic mass is 10.2. The maximum Gasteiger partial charge on any atom is 0.0948 e. The molecule has 0 atom stereocenters. The fraction of sp³-hybridized carbons (Fsp3) is 0.143. The molecular formula is C14H13ClN4. The van der Waals surface area contributed by atoms with Gasteiger partial charge in [-0.2, -0.15) is 5.10 Å². The SMILES string of the molecule is Cn1cc(CNc2ccc(Cl)c3cccnc23)cn1. The van der Waals surface area contributed by atoms with Crippen molar-refractivity contribution in [2.45, 2.75) is 6.54 Å². The number of hydrogen-bond donors (Lipinski definition) is 1. The molecule has 0 aliphatic rings. The lowest BCUT2D eigenvalue weighted by Gasteiger charge is -2.09. The van der Waals surface area contributed by atoms with Crippen LogP contribution in [0.1, 0.15) is 5.56 Å². The zero-order valence-electron chi connectivity index (χ0n) is 10.5. The van der Waals surface area contributed by atoms with Gasteiger partial charge in [-0.05, 0) is 24.3 Å². The highest BCUT2D eigenvalue weighted by Gasteiger charge is 2.05. The molecule has 3 rings (SSSR count). The van der Waals surface area contributed by atoms with E-state index in [9.17, 15) is 0 Å². The molecule has 1 N–H and O–H groups in total. The molecule has 0 unspecified atom stereocenters. The average Bonchev–Trinajstić information content (AvgIpc) is 2.84. The minimum Gasteiger partial charge on any atom is -0.379 e.